The predicted octanol–water partition coefficient (Wildman–Crippen LogP) is 2.40. The Bertz CT molecular complexity index is 1400. The molecule has 11 nitrogen and oxygen atoms in total. The number of anilines is 3. The molecule has 1 aromatic carbocycles. The molecule has 205 valence electrons. The molecule has 0 bridgehead atoms. The third kappa shape index (κ3) is 5.92. The Kier molecular flexibility index (Phi) is 8.55. The molecular weight excluding hydrogens is 509 g/mol. The Balaban J connectivity index is 1.42. The van der Waals surface area contributed by atoms with Crippen LogP contribution >= 0.6 is 0 Å². The van der Waals surface area contributed by atoms with Crippen LogP contribution in [0.2, 0.25) is 0 Å². The summed E-state index contributed by atoms with van der Waals surface area (Å²) in [6.45, 7) is 7.80. The summed E-state index contributed by atoms with van der Waals surface area (Å²) >= 11 is 0. The lowest BCUT2D eigenvalue weighted by Gasteiger charge is -2.28. The van der Waals surface area contributed by atoms with Gasteiger partial charge in [0, 0.05) is 55.2 Å². The largest absolute Gasteiger partial charge is 0.480 e. The monoisotopic (exact) mass is 540 g/mol. The van der Waals surface area contributed by atoms with E-state index in [9.17, 15) is 10.1 Å². The van der Waals surface area contributed by atoms with Crippen LogP contribution in [0.5, 0.6) is 5.88 Å². The lowest BCUT2D eigenvalue weighted by molar-refractivity contribution is 0.0148. The summed E-state index contributed by atoms with van der Waals surface area (Å²) in [5, 5.41) is 13.3. The normalized spacial score (nSPS) is 18.6. The molecule has 3 aromatic rings. The van der Waals surface area contributed by atoms with E-state index in [2.05, 4.69) is 33.2 Å². The van der Waals surface area contributed by atoms with Gasteiger partial charge in [-0.2, -0.15) is 5.26 Å². The summed E-state index contributed by atoms with van der Waals surface area (Å²) in [6.07, 6.45) is 4.05. The van der Waals surface area contributed by atoms with Crippen LogP contribution in [0.4, 0.5) is 17.3 Å². The first-order chi connectivity index (χ1) is 19.5. The van der Waals surface area contributed by atoms with E-state index in [4.69, 9.17) is 19.2 Å². The van der Waals surface area contributed by atoms with Crippen LogP contribution in [0.15, 0.2) is 42.7 Å². The maximum atomic E-state index is 11.5. The maximum Gasteiger partial charge on any atom is 0.329 e. The zero-order valence-electron chi connectivity index (χ0n) is 22.7. The molecule has 1 atom stereocenters. The Hall–Kier alpha value is -4.05. The number of nitriles is 1. The summed E-state index contributed by atoms with van der Waals surface area (Å²) < 4.78 is 16.9. The molecule has 0 spiro atoms. The second-order valence-corrected chi connectivity index (χ2v) is 9.96. The number of hydrogen-bond donors (Lipinski definition) is 1. The summed E-state index contributed by atoms with van der Waals surface area (Å²) in [5.41, 5.74) is 3.73. The van der Waals surface area contributed by atoms with E-state index >= 15 is 0 Å². The van der Waals surface area contributed by atoms with Crippen LogP contribution in [0.25, 0.3) is 11.3 Å². The molecule has 1 unspecified atom stereocenters. The number of nitrogens with zero attached hydrogens (tertiary/aromatic N) is 6. The third-order valence-corrected chi connectivity index (χ3v) is 7.17. The topological polar surface area (TPSA) is 126 Å². The lowest BCUT2D eigenvalue weighted by Crippen LogP contribution is -2.40. The van der Waals surface area contributed by atoms with Crippen molar-refractivity contribution in [2.24, 2.45) is 0 Å². The summed E-state index contributed by atoms with van der Waals surface area (Å²) in [7, 11) is 3.03. The van der Waals surface area contributed by atoms with Gasteiger partial charge in [-0.15, -0.1) is 0 Å². The van der Waals surface area contributed by atoms with Crippen molar-refractivity contribution >= 4 is 30.9 Å². The molecule has 1 fully saturated rings. The average molecular weight is 540 g/mol. The summed E-state index contributed by atoms with van der Waals surface area (Å²) in [6, 6.07) is 11.6. The minimum atomic E-state index is -0.446. The number of carbonyl (C=O) groups excluding carboxylic acids is 1. The van der Waals surface area contributed by atoms with Gasteiger partial charge in [-0.25, -0.2) is 15.0 Å². The molecule has 0 aliphatic carbocycles. The number of fused-ring (bicyclic) bond motifs is 1. The molecule has 12 heteroatoms. The first-order valence-corrected chi connectivity index (χ1v) is 13.2. The van der Waals surface area contributed by atoms with Crippen molar-refractivity contribution in [2.45, 2.75) is 12.3 Å². The standard InChI is InChI=1S/C28H31BN7O4/c1-28(18-40-13-10-35-8-11-39-12-9-35)17-36(29-19-37)25-21(16-30)14-20(15-22(25)28)23-5-7-32-27(33-23)34-24-4-3-6-31-26(24)38-2/h3-7,14-15,19H,8-13,17-18H2,1-2H3,(H,32,33,34). The zero-order valence-corrected chi connectivity index (χ0v) is 22.7. The summed E-state index contributed by atoms with van der Waals surface area (Å²) in [5.74, 6) is 0.796. The molecular formula is C28H31BN7O4. The molecule has 40 heavy (non-hydrogen) atoms. The molecule has 5 rings (SSSR count). The van der Waals surface area contributed by atoms with Crippen molar-refractivity contribution in [3.8, 4) is 23.2 Å². The van der Waals surface area contributed by atoms with E-state index in [-0.39, 0.29) is 0 Å². The molecule has 2 aliphatic rings. The van der Waals surface area contributed by atoms with Crippen LogP contribution in [0.3, 0.4) is 0 Å². The Morgan fingerprint density at radius 1 is 1.25 bits per heavy atom. The van der Waals surface area contributed by atoms with Crippen LogP contribution in [0, 0.1) is 11.3 Å². The van der Waals surface area contributed by atoms with Gasteiger partial charge in [-0.1, -0.05) is 6.92 Å². The van der Waals surface area contributed by atoms with Crippen LogP contribution in [-0.2, 0) is 19.7 Å². The van der Waals surface area contributed by atoms with E-state index < -0.39 is 5.41 Å². The van der Waals surface area contributed by atoms with Gasteiger partial charge in [0.05, 0.1) is 44.8 Å². The van der Waals surface area contributed by atoms with Crippen molar-refractivity contribution < 1.29 is 19.0 Å². The number of rotatable bonds is 11. The van der Waals surface area contributed by atoms with Crippen molar-refractivity contribution in [2.75, 3.05) is 69.8 Å². The van der Waals surface area contributed by atoms with Crippen LogP contribution < -0.4 is 14.9 Å². The maximum absolute atomic E-state index is 11.5. The van der Waals surface area contributed by atoms with Gasteiger partial charge < -0.3 is 29.1 Å². The first kappa shape index (κ1) is 27.5. The number of methoxy groups -OCH3 is 1. The van der Waals surface area contributed by atoms with Crippen LogP contribution in [0.1, 0.15) is 18.1 Å². The van der Waals surface area contributed by atoms with Gasteiger partial charge in [0.25, 0.3) is 0 Å². The number of carbonyl (C=O) groups is 1. The average Bonchev–Trinajstić information content (AvgIpc) is 3.27. The smallest absolute Gasteiger partial charge is 0.329 e. The first-order valence-electron chi connectivity index (χ1n) is 13.2. The van der Waals surface area contributed by atoms with Crippen molar-refractivity contribution in [3.05, 3.63) is 53.9 Å². The van der Waals surface area contributed by atoms with Gasteiger partial charge in [0.1, 0.15) is 17.9 Å². The number of morpholine rings is 1. The molecule has 1 radical (unpaired) electrons. The molecule has 2 aliphatic heterocycles. The molecule has 2 aromatic heterocycles. The van der Waals surface area contributed by atoms with E-state index in [1.807, 2.05) is 16.9 Å². The second-order valence-electron chi connectivity index (χ2n) is 9.96. The number of pyridine rings is 1. The molecule has 0 amide bonds. The van der Waals surface area contributed by atoms with E-state index in [0.717, 1.165) is 55.8 Å². The molecule has 1 saturated heterocycles. The Morgan fingerprint density at radius 2 is 2.10 bits per heavy atom. The van der Waals surface area contributed by atoms with Gasteiger partial charge in [0.15, 0.2) is 0 Å². The van der Waals surface area contributed by atoms with E-state index in [1.165, 1.54) is 7.41 Å². The van der Waals surface area contributed by atoms with Crippen molar-refractivity contribution in [1.29, 1.82) is 5.26 Å². The minimum Gasteiger partial charge on any atom is -0.480 e. The fraction of sp³-hybridized carbons (Fsp3) is 0.393. The van der Waals surface area contributed by atoms with E-state index in [1.54, 1.807) is 37.7 Å². The quantitative estimate of drug-likeness (QED) is 0.219. The Labute approximate surface area is 234 Å². The van der Waals surface area contributed by atoms with E-state index in [0.29, 0.717) is 48.5 Å². The fourth-order valence-electron chi connectivity index (χ4n) is 5.17. The van der Waals surface area contributed by atoms with Gasteiger partial charge in [-0.3, -0.25) is 4.90 Å². The summed E-state index contributed by atoms with van der Waals surface area (Å²) in [4.78, 5) is 28.9. The zero-order chi connectivity index (χ0) is 28.0. The highest BCUT2D eigenvalue weighted by Crippen LogP contribution is 2.44. The fourth-order valence-corrected chi connectivity index (χ4v) is 5.17. The molecule has 4 heterocycles. The number of benzene rings is 1. The van der Waals surface area contributed by atoms with Crippen LogP contribution in [-0.4, -0.2) is 93.2 Å². The predicted molar refractivity (Wildman–Crippen MR) is 152 cm³/mol. The SMILES string of the molecule is COc1ncccc1Nc1nccc(-c2cc(C#N)c3c(c2)C(C)(COCCN2CCOCC2)CN3[B]C=O)n1. The number of ether oxygens (including phenoxy) is 3. The Morgan fingerprint density at radius 3 is 2.88 bits per heavy atom. The third-order valence-electron chi connectivity index (χ3n) is 7.17. The minimum absolute atomic E-state index is 0.368. The van der Waals surface area contributed by atoms with Gasteiger partial charge in [0.2, 0.25) is 11.8 Å². The highest BCUT2D eigenvalue weighted by Gasteiger charge is 2.41. The van der Waals surface area contributed by atoms with Gasteiger partial charge in [-0.05, 0) is 35.9 Å². The number of hydrogen-bond acceptors (Lipinski definition) is 11. The highest BCUT2D eigenvalue weighted by molar-refractivity contribution is 6.70. The second kappa shape index (κ2) is 12.4. The highest BCUT2D eigenvalue weighted by atomic mass is 16.5. The number of nitrogens with one attached hydrogen (secondary N) is 1. The van der Waals surface area contributed by atoms with Gasteiger partial charge >= 0.3 is 7.41 Å². The number of aromatic nitrogens is 3. The van der Waals surface area contributed by atoms with Crippen molar-refractivity contribution in [3.63, 3.8) is 0 Å². The lowest BCUT2D eigenvalue weighted by atomic mass is 9.83. The molecule has 0 saturated carbocycles. The van der Waals surface area contributed by atoms with Crippen molar-refractivity contribution in [1.82, 2.24) is 19.9 Å². The molecule has 1 N–H and O–H groups in total.